The van der Waals surface area contributed by atoms with Gasteiger partial charge in [0.2, 0.25) is 0 Å². The van der Waals surface area contributed by atoms with Crippen LogP contribution in [0, 0.1) is 5.92 Å². The summed E-state index contributed by atoms with van der Waals surface area (Å²) in [7, 11) is 5.11. The fraction of sp³-hybridized carbons (Fsp3) is 1.00. The van der Waals surface area contributed by atoms with E-state index in [1.807, 2.05) is 14.1 Å². The van der Waals surface area contributed by atoms with Crippen molar-refractivity contribution in [3.63, 3.8) is 0 Å². The summed E-state index contributed by atoms with van der Waals surface area (Å²) in [6, 6.07) is 0. The van der Waals surface area contributed by atoms with Gasteiger partial charge in [-0.05, 0) is 20.0 Å². The molecule has 2 unspecified atom stereocenters. The van der Waals surface area contributed by atoms with Gasteiger partial charge in [-0.15, -0.1) is 11.6 Å². The first-order valence-corrected chi connectivity index (χ1v) is 5.17. The average Bonchev–Trinajstić information content (AvgIpc) is 1.86. The van der Waals surface area contributed by atoms with Crippen molar-refractivity contribution in [1.82, 2.24) is 4.90 Å². The van der Waals surface area contributed by atoms with E-state index in [4.69, 9.17) is 11.6 Å². The summed E-state index contributed by atoms with van der Waals surface area (Å²) in [4.78, 5) is 2.12. The van der Waals surface area contributed by atoms with Crippen molar-refractivity contribution in [2.24, 2.45) is 5.92 Å². The zero-order valence-corrected chi connectivity index (χ0v) is 10.4. The predicted molar refractivity (Wildman–Crippen MR) is 51.7 cm³/mol. The maximum absolute atomic E-state index is 6.31. The van der Waals surface area contributed by atoms with Gasteiger partial charge in [-0.1, -0.05) is 20.3 Å². The van der Waals surface area contributed by atoms with Gasteiger partial charge in [-0.3, -0.25) is 4.90 Å². The highest BCUT2D eigenvalue weighted by Crippen LogP contribution is 2.25. The fourth-order valence-corrected chi connectivity index (χ4v) is 1.38. The Hall–Kier alpha value is 0.467. The minimum Gasteiger partial charge on any atom is -0.295 e. The lowest BCUT2D eigenvalue weighted by Gasteiger charge is -2.35. The molecule has 0 aliphatic rings. The van der Waals surface area contributed by atoms with Gasteiger partial charge in [0.1, 0.15) is 0 Å². The Kier molecular flexibility index (Phi) is 3.92. The molecule has 0 amide bonds. The molecule has 0 radical (unpaired) electrons. The lowest BCUT2D eigenvalue weighted by molar-refractivity contribution is 0.254. The maximum Gasteiger partial charge on any atom is 0.0769 e. The molecule has 62 valence electrons. The Morgan fingerprint density at radius 1 is 1.60 bits per heavy atom. The van der Waals surface area contributed by atoms with E-state index in [2.05, 4.69) is 18.7 Å². The van der Waals surface area contributed by atoms with Gasteiger partial charge in [-0.25, -0.2) is 0 Å². The van der Waals surface area contributed by atoms with Gasteiger partial charge < -0.3 is 0 Å². The smallest absolute Gasteiger partial charge is 0.0769 e. The van der Waals surface area contributed by atoms with E-state index >= 15 is 0 Å². The summed E-state index contributed by atoms with van der Waals surface area (Å²) >= 11 is 6.31. The molecule has 10 heavy (non-hydrogen) atoms. The molecular weight excluding hydrogens is 162 g/mol. The first kappa shape index (κ1) is 10.5. The normalized spacial score (nSPS) is 21.0. The quantitative estimate of drug-likeness (QED) is 0.353. The lowest BCUT2D eigenvalue weighted by Crippen LogP contribution is -2.44. The van der Waals surface area contributed by atoms with Crippen molar-refractivity contribution in [3.05, 3.63) is 0 Å². The molecule has 0 fully saturated rings. The second-order valence-electron chi connectivity index (χ2n) is 3.23. The van der Waals surface area contributed by atoms with Crippen LogP contribution in [0.25, 0.3) is 0 Å². The molecule has 0 aromatic carbocycles. The summed E-state index contributed by atoms with van der Waals surface area (Å²) in [5.41, 5.74) is 0. The van der Waals surface area contributed by atoms with E-state index in [-0.39, 0.29) is 4.62 Å². The molecule has 1 nitrogen and oxygen atoms in total. The van der Waals surface area contributed by atoms with Crippen molar-refractivity contribution in [3.8, 4) is 0 Å². The van der Waals surface area contributed by atoms with E-state index in [0.717, 1.165) is 16.7 Å². The SMILES string of the molecule is CCC(C)C([SiH3])(Cl)N(C)C. The van der Waals surface area contributed by atoms with Gasteiger partial charge in [0.05, 0.1) is 4.62 Å². The third-order valence-electron chi connectivity index (χ3n) is 2.39. The van der Waals surface area contributed by atoms with Crippen LogP contribution in [0.1, 0.15) is 20.3 Å². The fourth-order valence-electron chi connectivity index (χ4n) is 0.813. The van der Waals surface area contributed by atoms with Crippen LogP contribution >= 0.6 is 11.6 Å². The number of rotatable bonds is 3. The number of nitrogens with zero attached hydrogens (tertiary/aromatic N) is 1. The summed E-state index contributed by atoms with van der Waals surface area (Å²) in [6.07, 6.45) is 1.16. The Bertz CT molecular complexity index is 104. The van der Waals surface area contributed by atoms with E-state index in [0.29, 0.717) is 5.92 Å². The molecule has 0 saturated carbocycles. The molecule has 0 rings (SSSR count). The van der Waals surface area contributed by atoms with Crippen molar-refractivity contribution in [2.45, 2.75) is 24.9 Å². The first-order chi connectivity index (χ1) is 4.42. The molecule has 0 aliphatic heterocycles. The number of alkyl halides is 1. The van der Waals surface area contributed by atoms with Crippen molar-refractivity contribution >= 4 is 21.8 Å². The molecule has 0 aliphatic carbocycles. The van der Waals surface area contributed by atoms with Gasteiger partial charge in [0, 0.05) is 10.2 Å². The highest BCUT2D eigenvalue weighted by molar-refractivity contribution is 6.44. The average molecular weight is 180 g/mol. The number of hydrogen-bond donors (Lipinski definition) is 0. The minimum absolute atomic E-state index is 0.0469. The summed E-state index contributed by atoms with van der Waals surface area (Å²) in [5, 5.41) is 0. The van der Waals surface area contributed by atoms with Gasteiger partial charge in [0.25, 0.3) is 0 Å². The number of hydrogen-bond acceptors (Lipinski definition) is 1. The van der Waals surface area contributed by atoms with Crippen LogP contribution in [-0.4, -0.2) is 33.9 Å². The minimum atomic E-state index is -0.0469. The summed E-state index contributed by atoms with van der Waals surface area (Å²) < 4.78 is -0.0469. The largest absolute Gasteiger partial charge is 0.295 e. The monoisotopic (exact) mass is 179 g/mol. The predicted octanol–water partition coefficient (Wildman–Crippen LogP) is 0.852. The zero-order valence-electron chi connectivity index (χ0n) is 7.61. The van der Waals surface area contributed by atoms with Crippen molar-refractivity contribution in [2.75, 3.05) is 14.1 Å². The highest BCUT2D eigenvalue weighted by Gasteiger charge is 2.28. The topological polar surface area (TPSA) is 3.24 Å². The van der Waals surface area contributed by atoms with Crippen LogP contribution in [0.4, 0.5) is 0 Å². The van der Waals surface area contributed by atoms with E-state index in [1.54, 1.807) is 0 Å². The van der Waals surface area contributed by atoms with Crippen molar-refractivity contribution in [1.29, 1.82) is 0 Å². The van der Waals surface area contributed by atoms with Crippen molar-refractivity contribution < 1.29 is 0 Å². The molecule has 0 spiro atoms. The third-order valence-corrected chi connectivity index (χ3v) is 4.98. The van der Waals surface area contributed by atoms with E-state index < -0.39 is 0 Å². The Morgan fingerprint density at radius 3 is 2.10 bits per heavy atom. The zero-order chi connectivity index (χ0) is 8.36. The Morgan fingerprint density at radius 2 is 2.00 bits per heavy atom. The molecule has 3 heteroatoms. The molecule has 0 aromatic rings. The van der Waals surface area contributed by atoms with Crippen LogP contribution in [0.2, 0.25) is 0 Å². The molecule has 0 heterocycles. The molecule has 0 saturated heterocycles. The molecule has 0 bridgehead atoms. The van der Waals surface area contributed by atoms with E-state index in [1.165, 1.54) is 0 Å². The molecular formula is C7H18ClNSi. The third kappa shape index (κ3) is 2.26. The van der Waals surface area contributed by atoms with E-state index in [9.17, 15) is 0 Å². The summed E-state index contributed by atoms with van der Waals surface area (Å²) in [5.74, 6) is 0.593. The first-order valence-electron chi connectivity index (χ1n) is 3.79. The van der Waals surface area contributed by atoms with Crippen LogP contribution in [0.5, 0.6) is 0 Å². The van der Waals surface area contributed by atoms with Crippen LogP contribution in [-0.2, 0) is 0 Å². The lowest BCUT2D eigenvalue weighted by atomic mass is 10.1. The summed E-state index contributed by atoms with van der Waals surface area (Å²) in [6.45, 7) is 4.39. The molecule has 2 atom stereocenters. The molecule has 0 N–H and O–H groups in total. The second kappa shape index (κ2) is 3.74. The Balaban J connectivity index is 4.09. The number of halogens is 1. The van der Waals surface area contributed by atoms with Gasteiger partial charge in [-0.2, -0.15) is 0 Å². The van der Waals surface area contributed by atoms with Crippen LogP contribution in [0.15, 0.2) is 0 Å². The van der Waals surface area contributed by atoms with Gasteiger partial charge >= 0.3 is 0 Å². The van der Waals surface area contributed by atoms with Crippen LogP contribution in [0.3, 0.4) is 0 Å². The maximum atomic E-state index is 6.31. The van der Waals surface area contributed by atoms with Gasteiger partial charge in [0.15, 0.2) is 0 Å². The van der Waals surface area contributed by atoms with Crippen LogP contribution < -0.4 is 0 Å². The standard InChI is InChI=1S/C7H18ClNSi/c1-5-6(2)7(8,10)9(3)4/h6H,5H2,1-4,10H3. The second-order valence-corrected chi connectivity index (χ2v) is 6.15. The molecule has 0 aromatic heterocycles. The highest BCUT2D eigenvalue weighted by atomic mass is 35.5. The Labute approximate surface area is 72.2 Å².